The van der Waals surface area contributed by atoms with Crippen molar-refractivity contribution in [1.82, 2.24) is 4.90 Å². The summed E-state index contributed by atoms with van der Waals surface area (Å²) in [5.74, 6) is -2.36. The van der Waals surface area contributed by atoms with Crippen LogP contribution in [0.15, 0.2) is 41.4 Å². The first kappa shape index (κ1) is 23.4. The van der Waals surface area contributed by atoms with E-state index in [1.165, 1.54) is 11.8 Å². The van der Waals surface area contributed by atoms with Crippen molar-refractivity contribution in [2.75, 3.05) is 18.5 Å². The molecule has 2 saturated heterocycles. The Morgan fingerprint density at radius 3 is 2.76 bits per heavy atom. The number of thioether (sulfide) groups is 1. The summed E-state index contributed by atoms with van der Waals surface area (Å²) in [5, 5.41) is 2.25. The highest BCUT2D eigenvalue weighted by Gasteiger charge is 2.40. The van der Waals surface area contributed by atoms with Crippen molar-refractivity contribution in [2.24, 2.45) is 4.99 Å². The van der Waals surface area contributed by atoms with Gasteiger partial charge in [0.2, 0.25) is 11.8 Å². The van der Waals surface area contributed by atoms with E-state index in [0.29, 0.717) is 24.4 Å². The molecule has 174 valence electrons. The van der Waals surface area contributed by atoms with Gasteiger partial charge in [0.25, 0.3) is 0 Å². The number of amidine groups is 1. The summed E-state index contributed by atoms with van der Waals surface area (Å²) in [4.78, 5) is 32.1. The van der Waals surface area contributed by atoms with E-state index in [9.17, 15) is 18.4 Å². The topological polar surface area (TPSA) is 71.0 Å². The summed E-state index contributed by atoms with van der Waals surface area (Å²) >= 11 is 1.22. The minimum atomic E-state index is -0.870. The van der Waals surface area contributed by atoms with Crippen molar-refractivity contribution < 1.29 is 23.1 Å². The number of ether oxygens (including phenoxy) is 1. The molecule has 2 heterocycles. The van der Waals surface area contributed by atoms with Crippen molar-refractivity contribution in [3.05, 3.63) is 59.2 Å². The monoisotopic (exact) mass is 473 g/mol. The van der Waals surface area contributed by atoms with Crippen LogP contribution >= 0.6 is 11.8 Å². The molecule has 2 atom stereocenters. The second-order valence-corrected chi connectivity index (χ2v) is 9.42. The number of nitrogens with one attached hydrogen (secondary N) is 1. The van der Waals surface area contributed by atoms with E-state index in [2.05, 4.69) is 5.32 Å². The molecule has 33 heavy (non-hydrogen) atoms. The van der Waals surface area contributed by atoms with E-state index < -0.39 is 22.8 Å². The lowest BCUT2D eigenvalue weighted by molar-refractivity contribution is -0.129. The average Bonchev–Trinajstić information content (AvgIpc) is 3.36. The molecule has 6 nitrogen and oxygen atoms in total. The Labute approximate surface area is 195 Å². The van der Waals surface area contributed by atoms with Gasteiger partial charge in [0.05, 0.1) is 24.0 Å². The van der Waals surface area contributed by atoms with E-state index in [0.717, 1.165) is 41.8 Å². The molecule has 0 saturated carbocycles. The lowest BCUT2D eigenvalue weighted by Gasteiger charge is -2.20. The van der Waals surface area contributed by atoms with Gasteiger partial charge in [-0.2, -0.15) is 0 Å². The maximum absolute atomic E-state index is 13.9. The summed E-state index contributed by atoms with van der Waals surface area (Å²) in [7, 11) is 0. The lowest BCUT2D eigenvalue weighted by atomic mass is 10.1. The molecule has 9 heteroatoms. The third kappa shape index (κ3) is 5.59. The quantitative estimate of drug-likeness (QED) is 0.659. The molecule has 2 aliphatic rings. The minimum Gasteiger partial charge on any atom is -0.376 e. The van der Waals surface area contributed by atoms with Gasteiger partial charge >= 0.3 is 0 Å². The molecule has 0 aromatic heterocycles. The van der Waals surface area contributed by atoms with Crippen molar-refractivity contribution in [3.63, 3.8) is 0 Å². The molecule has 2 amide bonds. The zero-order valence-corrected chi connectivity index (χ0v) is 19.3. The molecule has 0 spiro atoms. The normalized spacial score (nSPS) is 21.8. The number of benzene rings is 2. The van der Waals surface area contributed by atoms with E-state index >= 15 is 0 Å². The lowest BCUT2D eigenvalue weighted by Crippen LogP contribution is -2.38. The smallest absolute Gasteiger partial charge is 0.242 e. The van der Waals surface area contributed by atoms with Gasteiger partial charge in [-0.25, -0.2) is 13.8 Å². The number of aryl methyl sites for hydroxylation is 2. The number of halogens is 2. The van der Waals surface area contributed by atoms with E-state index in [4.69, 9.17) is 9.73 Å². The largest absolute Gasteiger partial charge is 0.376 e. The number of carbonyl (C=O) groups is 2. The first-order chi connectivity index (χ1) is 15.8. The fourth-order valence-corrected chi connectivity index (χ4v) is 5.04. The molecule has 4 rings (SSSR count). The predicted molar refractivity (Wildman–Crippen MR) is 125 cm³/mol. The molecule has 2 aliphatic heterocycles. The number of amides is 2. The molecule has 2 aromatic rings. The van der Waals surface area contributed by atoms with Crippen LogP contribution in [0.25, 0.3) is 0 Å². The highest BCUT2D eigenvalue weighted by Crippen LogP contribution is 2.34. The number of nitrogens with zero attached hydrogens (tertiary/aromatic N) is 2. The Balaban J connectivity index is 1.53. The molecule has 0 aliphatic carbocycles. The fourth-order valence-electron chi connectivity index (χ4n) is 3.88. The van der Waals surface area contributed by atoms with Gasteiger partial charge in [0.15, 0.2) is 5.17 Å². The SMILES string of the molecule is Cc1ccc(N=C2S[C@H](CC(=O)Nc3ccc(F)cc3F)C(=O)N2C[C@H]2CCCO2)c(C)c1. The number of carbonyl (C=O) groups excluding carboxylic acids is 2. The van der Waals surface area contributed by atoms with Crippen LogP contribution in [0.1, 0.15) is 30.4 Å². The minimum absolute atomic E-state index is 0.0697. The van der Waals surface area contributed by atoms with Crippen molar-refractivity contribution in [3.8, 4) is 0 Å². The number of hydrogen-bond acceptors (Lipinski definition) is 5. The predicted octanol–water partition coefficient (Wildman–Crippen LogP) is 4.72. The van der Waals surface area contributed by atoms with Crippen LogP contribution in [0.3, 0.4) is 0 Å². The zero-order valence-electron chi connectivity index (χ0n) is 18.4. The Kier molecular flexibility index (Phi) is 7.09. The van der Waals surface area contributed by atoms with Crippen molar-refractivity contribution >= 4 is 40.1 Å². The molecule has 0 radical (unpaired) electrons. The zero-order chi connectivity index (χ0) is 23.5. The summed E-state index contributed by atoms with van der Waals surface area (Å²) in [6.07, 6.45) is 1.58. The van der Waals surface area contributed by atoms with Gasteiger partial charge in [0, 0.05) is 19.1 Å². The van der Waals surface area contributed by atoms with Gasteiger partial charge in [-0.3, -0.25) is 14.5 Å². The first-order valence-electron chi connectivity index (χ1n) is 10.8. The van der Waals surface area contributed by atoms with Crippen LogP contribution in [0.5, 0.6) is 0 Å². The molecule has 0 unspecified atom stereocenters. The van der Waals surface area contributed by atoms with Crippen LogP contribution in [0.4, 0.5) is 20.2 Å². The van der Waals surface area contributed by atoms with Gasteiger partial charge in [-0.1, -0.05) is 29.5 Å². The van der Waals surface area contributed by atoms with Crippen molar-refractivity contribution in [2.45, 2.75) is 44.5 Å². The maximum Gasteiger partial charge on any atom is 0.242 e. The molecular weight excluding hydrogens is 448 g/mol. The van der Waals surface area contributed by atoms with Crippen molar-refractivity contribution in [1.29, 1.82) is 0 Å². The van der Waals surface area contributed by atoms with Gasteiger partial charge in [-0.05, 0) is 50.5 Å². The number of anilines is 1. The summed E-state index contributed by atoms with van der Waals surface area (Å²) in [6.45, 7) is 5.00. The van der Waals surface area contributed by atoms with E-state index in [1.807, 2.05) is 32.0 Å². The third-order valence-electron chi connectivity index (χ3n) is 5.57. The molecular formula is C24H25F2N3O3S. The van der Waals surface area contributed by atoms with Crippen LogP contribution in [-0.4, -0.2) is 46.4 Å². The summed E-state index contributed by atoms with van der Waals surface area (Å²) in [5.41, 5.74) is 2.73. The summed E-state index contributed by atoms with van der Waals surface area (Å²) < 4.78 is 32.7. The Morgan fingerprint density at radius 2 is 2.06 bits per heavy atom. The Morgan fingerprint density at radius 1 is 1.24 bits per heavy atom. The molecule has 1 N–H and O–H groups in total. The maximum atomic E-state index is 13.9. The van der Waals surface area contributed by atoms with Crippen LogP contribution < -0.4 is 5.32 Å². The van der Waals surface area contributed by atoms with E-state index in [-0.39, 0.29) is 24.1 Å². The highest BCUT2D eigenvalue weighted by atomic mass is 32.2. The van der Waals surface area contributed by atoms with Crippen LogP contribution in [0.2, 0.25) is 0 Å². The van der Waals surface area contributed by atoms with E-state index in [1.54, 1.807) is 4.90 Å². The fraction of sp³-hybridized carbons (Fsp3) is 0.375. The Bertz CT molecular complexity index is 1100. The summed E-state index contributed by atoms with van der Waals surface area (Å²) in [6, 6.07) is 8.80. The number of rotatable bonds is 6. The number of hydrogen-bond donors (Lipinski definition) is 1. The van der Waals surface area contributed by atoms with Gasteiger partial charge in [0.1, 0.15) is 16.9 Å². The second kappa shape index (κ2) is 10.0. The third-order valence-corrected chi connectivity index (χ3v) is 6.75. The van der Waals surface area contributed by atoms with Crippen LogP contribution in [0, 0.1) is 25.5 Å². The average molecular weight is 474 g/mol. The number of aliphatic imine (C=N–C) groups is 1. The molecule has 2 fully saturated rings. The first-order valence-corrected chi connectivity index (χ1v) is 11.7. The highest BCUT2D eigenvalue weighted by molar-refractivity contribution is 8.15. The molecule has 0 bridgehead atoms. The molecule has 2 aromatic carbocycles. The van der Waals surface area contributed by atoms with Gasteiger partial charge in [-0.15, -0.1) is 0 Å². The standard InChI is InChI=1S/C24H25F2N3O3S/c1-14-5-7-19(15(2)10-14)28-24-29(13-17-4-3-9-32-17)23(31)21(33-24)12-22(30)27-20-8-6-16(25)11-18(20)26/h5-8,10-11,17,21H,3-4,9,12-13H2,1-2H3,(H,27,30)/t17-,21-/m1/s1. The van der Waals surface area contributed by atoms with Crippen LogP contribution in [-0.2, 0) is 14.3 Å². The Hall–Kier alpha value is -2.78. The van der Waals surface area contributed by atoms with Gasteiger partial charge < -0.3 is 10.1 Å². The second-order valence-electron chi connectivity index (χ2n) is 8.25.